The molecular weight excluding hydrogens is 284 g/mol. The Balaban J connectivity index is 3.20. The van der Waals surface area contributed by atoms with Crippen LogP contribution in [0.25, 0.3) is 0 Å². The molecule has 1 aromatic carbocycles. The number of hydrogen-bond acceptors (Lipinski definition) is 3. The van der Waals surface area contributed by atoms with Gasteiger partial charge in [0.2, 0.25) is 10.0 Å². The third-order valence-electron chi connectivity index (χ3n) is 3.37. The molecule has 0 bridgehead atoms. The number of sulfonamides is 1. The van der Waals surface area contributed by atoms with Crippen molar-refractivity contribution in [2.45, 2.75) is 44.2 Å². The zero-order chi connectivity index (χ0) is 14.6. The molecule has 4 nitrogen and oxygen atoms in total. The molecular formula is C13H21ClN2O2S. The van der Waals surface area contributed by atoms with Crippen LogP contribution >= 0.6 is 11.6 Å². The average Bonchev–Trinajstić information content (AvgIpc) is 2.40. The Hall–Kier alpha value is -0.620. The molecule has 0 atom stereocenters. The van der Waals surface area contributed by atoms with E-state index in [-0.39, 0.29) is 17.5 Å². The van der Waals surface area contributed by atoms with E-state index in [2.05, 4.69) is 0 Å². The van der Waals surface area contributed by atoms with Crippen molar-refractivity contribution < 1.29 is 8.42 Å². The van der Waals surface area contributed by atoms with Gasteiger partial charge in [0, 0.05) is 24.7 Å². The van der Waals surface area contributed by atoms with Crippen molar-refractivity contribution in [1.82, 2.24) is 4.31 Å². The summed E-state index contributed by atoms with van der Waals surface area (Å²) in [6.45, 7) is 4.18. The summed E-state index contributed by atoms with van der Waals surface area (Å²) in [5.74, 6) is 0. The zero-order valence-electron chi connectivity index (χ0n) is 11.6. The van der Waals surface area contributed by atoms with Gasteiger partial charge in [0.1, 0.15) is 0 Å². The molecule has 0 aliphatic carbocycles. The number of nitrogens with two attached hydrogens (primary N) is 1. The van der Waals surface area contributed by atoms with Gasteiger partial charge in [0.25, 0.3) is 0 Å². The molecule has 0 aliphatic heterocycles. The highest BCUT2D eigenvalue weighted by Gasteiger charge is 2.26. The van der Waals surface area contributed by atoms with Gasteiger partial charge < -0.3 is 5.73 Å². The minimum absolute atomic E-state index is 0.00186. The van der Waals surface area contributed by atoms with Gasteiger partial charge >= 0.3 is 0 Å². The highest BCUT2D eigenvalue weighted by molar-refractivity contribution is 7.89. The molecule has 0 aromatic heterocycles. The summed E-state index contributed by atoms with van der Waals surface area (Å²) in [6.07, 6.45) is 1.56. The lowest BCUT2D eigenvalue weighted by Crippen LogP contribution is -2.36. The molecule has 0 saturated heterocycles. The maximum absolute atomic E-state index is 12.5. The molecule has 0 saturated carbocycles. The van der Waals surface area contributed by atoms with Gasteiger partial charge in [-0.1, -0.05) is 25.4 Å². The van der Waals surface area contributed by atoms with Gasteiger partial charge in [0.05, 0.1) is 4.90 Å². The van der Waals surface area contributed by atoms with E-state index in [1.807, 2.05) is 13.8 Å². The second-order valence-electron chi connectivity index (χ2n) is 4.45. The molecule has 0 amide bonds. The van der Waals surface area contributed by atoms with Gasteiger partial charge in [-0.15, -0.1) is 0 Å². The fraction of sp³-hybridized carbons (Fsp3) is 0.538. The Labute approximate surface area is 120 Å². The molecule has 0 radical (unpaired) electrons. The lowest BCUT2D eigenvalue weighted by atomic mass is 10.2. The highest BCUT2D eigenvalue weighted by Crippen LogP contribution is 2.24. The summed E-state index contributed by atoms with van der Waals surface area (Å²) in [7, 11) is -1.88. The van der Waals surface area contributed by atoms with E-state index in [0.29, 0.717) is 10.6 Å². The first kappa shape index (κ1) is 16.4. The summed E-state index contributed by atoms with van der Waals surface area (Å²) in [6, 6.07) is 4.66. The number of rotatable bonds is 6. The Morgan fingerprint density at radius 1 is 1.32 bits per heavy atom. The Kier molecular flexibility index (Phi) is 5.80. The molecule has 0 aliphatic rings. The summed E-state index contributed by atoms with van der Waals surface area (Å²) in [4.78, 5) is 0.242. The molecule has 0 spiro atoms. The summed E-state index contributed by atoms with van der Waals surface area (Å²) < 4.78 is 26.5. The number of halogens is 1. The van der Waals surface area contributed by atoms with E-state index in [4.69, 9.17) is 17.3 Å². The maximum atomic E-state index is 12.5. The minimum Gasteiger partial charge on any atom is -0.326 e. The van der Waals surface area contributed by atoms with Crippen molar-refractivity contribution in [3.63, 3.8) is 0 Å². The average molecular weight is 305 g/mol. The monoisotopic (exact) mass is 304 g/mol. The van der Waals surface area contributed by atoms with Crippen LogP contribution in [0.1, 0.15) is 32.3 Å². The summed E-state index contributed by atoms with van der Waals surface area (Å²) in [5.41, 5.74) is 6.20. The van der Waals surface area contributed by atoms with E-state index >= 15 is 0 Å². The number of hydrogen-bond donors (Lipinski definition) is 1. The smallest absolute Gasteiger partial charge is 0.243 e. The third-order valence-corrected chi connectivity index (χ3v) is 5.65. The van der Waals surface area contributed by atoms with Crippen molar-refractivity contribution >= 4 is 21.6 Å². The molecule has 1 rings (SSSR count). The van der Waals surface area contributed by atoms with Gasteiger partial charge in [0.15, 0.2) is 0 Å². The zero-order valence-corrected chi connectivity index (χ0v) is 13.1. The molecule has 108 valence electrons. The topological polar surface area (TPSA) is 63.4 Å². The summed E-state index contributed by atoms with van der Waals surface area (Å²) >= 11 is 5.95. The van der Waals surface area contributed by atoms with E-state index < -0.39 is 10.0 Å². The van der Waals surface area contributed by atoms with Crippen molar-refractivity contribution in [1.29, 1.82) is 0 Å². The fourth-order valence-corrected chi connectivity index (χ4v) is 3.78. The molecule has 1 aromatic rings. The molecule has 0 unspecified atom stereocenters. The van der Waals surface area contributed by atoms with Crippen LogP contribution in [0.5, 0.6) is 0 Å². The number of benzene rings is 1. The Morgan fingerprint density at radius 3 is 2.37 bits per heavy atom. The quantitative estimate of drug-likeness (QED) is 0.878. The molecule has 6 heteroatoms. The minimum atomic E-state index is -3.49. The van der Waals surface area contributed by atoms with Crippen molar-refractivity contribution in [2.24, 2.45) is 5.73 Å². The Bertz CT molecular complexity index is 527. The lowest BCUT2D eigenvalue weighted by Gasteiger charge is -2.25. The third kappa shape index (κ3) is 3.48. The van der Waals surface area contributed by atoms with E-state index in [1.165, 1.54) is 10.4 Å². The second kappa shape index (κ2) is 6.70. The summed E-state index contributed by atoms with van der Waals surface area (Å²) in [5, 5.41) is 0.492. The molecule has 0 fully saturated rings. The van der Waals surface area contributed by atoms with Crippen molar-refractivity contribution in [3.8, 4) is 0 Å². The standard InChI is InChI=1S/C13H21ClN2O2S/c1-4-11(5-2)16(3)19(17,18)12-6-7-13(14)10(8-12)9-15/h6-8,11H,4-5,9,15H2,1-3H3. The molecule has 19 heavy (non-hydrogen) atoms. The van der Waals surface area contributed by atoms with Crippen LogP contribution < -0.4 is 5.73 Å². The molecule has 2 N–H and O–H groups in total. The van der Waals surface area contributed by atoms with Crippen LogP contribution in [-0.4, -0.2) is 25.8 Å². The Morgan fingerprint density at radius 2 is 1.89 bits per heavy atom. The van der Waals surface area contributed by atoms with E-state index in [1.54, 1.807) is 19.2 Å². The SMILES string of the molecule is CCC(CC)N(C)S(=O)(=O)c1ccc(Cl)c(CN)c1. The molecule has 0 heterocycles. The van der Waals surface area contributed by atoms with Crippen LogP contribution in [-0.2, 0) is 16.6 Å². The van der Waals surface area contributed by atoms with Gasteiger partial charge in [-0.3, -0.25) is 0 Å². The van der Waals surface area contributed by atoms with Crippen LogP contribution in [0.15, 0.2) is 23.1 Å². The van der Waals surface area contributed by atoms with Crippen LogP contribution in [0.4, 0.5) is 0 Å². The first-order chi connectivity index (χ1) is 8.88. The van der Waals surface area contributed by atoms with Crippen LogP contribution in [0, 0.1) is 0 Å². The van der Waals surface area contributed by atoms with E-state index in [9.17, 15) is 8.42 Å². The largest absolute Gasteiger partial charge is 0.326 e. The van der Waals surface area contributed by atoms with Crippen molar-refractivity contribution in [3.05, 3.63) is 28.8 Å². The van der Waals surface area contributed by atoms with Crippen LogP contribution in [0.3, 0.4) is 0 Å². The van der Waals surface area contributed by atoms with Gasteiger partial charge in [-0.2, -0.15) is 4.31 Å². The van der Waals surface area contributed by atoms with Gasteiger partial charge in [-0.25, -0.2) is 8.42 Å². The fourth-order valence-electron chi connectivity index (χ4n) is 2.03. The first-order valence-corrected chi connectivity index (χ1v) is 8.16. The highest BCUT2D eigenvalue weighted by atomic mass is 35.5. The predicted molar refractivity (Wildman–Crippen MR) is 78.7 cm³/mol. The predicted octanol–water partition coefficient (Wildman–Crippen LogP) is 2.61. The van der Waals surface area contributed by atoms with E-state index in [0.717, 1.165) is 12.8 Å². The first-order valence-electron chi connectivity index (χ1n) is 6.34. The number of nitrogens with zero attached hydrogens (tertiary/aromatic N) is 1. The van der Waals surface area contributed by atoms with Gasteiger partial charge in [-0.05, 0) is 36.6 Å². The second-order valence-corrected chi connectivity index (χ2v) is 6.85. The van der Waals surface area contributed by atoms with Crippen LogP contribution in [0.2, 0.25) is 5.02 Å². The normalized spacial score (nSPS) is 12.4. The van der Waals surface area contributed by atoms with Crippen molar-refractivity contribution in [2.75, 3.05) is 7.05 Å². The lowest BCUT2D eigenvalue weighted by molar-refractivity contribution is 0.349. The maximum Gasteiger partial charge on any atom is 0.243 e.